The lowest BCUT2D eigenvalue weighted by atomic mass is 10.4. The number of aromatic nitrogens is 3. The Bertz CT molecular complexity index is 567. The number of amides is 1. The molecular formula is C10H9ClN4O2. The smallest absolute Gasteiger partial charge is 0.267 e. The summed E-state index contributed by atoms with van der Waals surface area (Å²) in [5.74, 6) is -0.0469. The van der Waals surface area contributed by atoms with Crippen molar-refractivity contribution < 1.29 is 9.53 Å². The fourth-order valence-corrected chi connectivity index (χ4v) is 1.53. The van der Waals surface area contributed by atoms with Crippen LogP contribution in [-0.2, 0) is 0 Å². The number of nitrogens with zero attached hydrogens (tertiary/aromatic N) is 3. The number of pyridine rings is 1. The van der Waals surface area contributed by atoms with E-state index in [1.807, 2.05) is 0 Å². The largest absolute Gasteiger partial charge is 0.480 e. The number of hydrogen-bond acceptors (Lipinski definition) is 4. The standard InChI is InChI=1S/C10H9ClN4O2/c1-17-8-5-7(9(12)16)15(14-8)10-6(11)3-2-4-13-10/h2-5H,1H3,(H2,12,16). The maximum absolute atomic E-state index is 11.3. The van der Waals surface area contributed by atoms with Crippen molar-refractivity contribution >= 4 is 17.5 Å². The first-order chi connectivity index (χ1) is 8.13. The van der Waals surface area contributed by atoms with Crippen LogP contribution in [0.3, 0.4) is 0 Å². The molecule has 0 atom stereocenters. The number of carbonyl (C=O) groups excluding carboxylic acids is 1. The van der Waals surface area contributed by atoms with Gasteiger partial charge in [0.25, 0.3) is 5.91 Å². The number of ether oxygens (including phenoxy) is 1. The lowest BCUT2D eigenvalue weighted by Crippen LogP contribution is -2.17. The molecule has 7 heteroatoms. The van der Waals surface area contributed by atoms with Crippen LogP contribution in [0.1, 0.15) is 10.5 Å². The molecule has 0 saturated carbocycles. The van der Waals surface area contributed by atoms with Gasteiger partial charge >= 0.3 is 0 Å². The summed E-state index contributed by atoms with van der Waals surface area (Å²) in [7, 11) is 1.44. The summed E-state index contributed by atoms with van der Waals surface area (Å²) in [5.41, 5.74) is 5.40. The molecule has 0 aliphatic rings. The Hall–Kier alpha value is -2.08. The summed E-state index contributed by atoms with van der Waals surface area (Å²) in [5, 5.41) is 4.39. The molecule has 2 rings (SSSR count). The van der Waals surface area contributed by atoms with Gasteiger partial charge in [-0.15, -0.1) is 5.10 Å². The second-order valence-electron chi connectivity index (χ2n) is 3.16. The zero-order chi connectivity index (χ0) is 12.4. The summed E-state index contributed by atoms with van der Waals surface area (Å²) in [4.78, 5) is 15.3. The minimum atomic E-state index is -0.637. The van der Waals surface area contributed by atoms with Crippen molar-refractivity contribution in [2.45, 2.75) is 0 Å². The van der Waals surface area contributed by atoms with Gasteiger partial charge in [-0.05, 0) is 12.1 Å². The summed E-state index contributed by atoms with van der Waals surface area (Å²) in [6.07, 6.45) is 1.54. The van der Waals surface area contributed by atoms with E-state index < -0.39 is 5.91 Å². The molecule has 2 N–H and O–H groups in total. The van der Waals surface area contributed by atoms with Crippen molar-refractivity contribution in [3.05, 3.63) is 35.1 Å². The highest BCUT2D eigenvalue weighted by atomic mass is 35.5. The van der Waals surface area contributed by atoms with Gasteiger partial charge in [-0.1, -0.05) is 11.6 Å². The van der Waals surface area contributed by atoms with Crippen LogP contribution in [0.2, 0.25) is 5.02 Å². The fourth-order valence-electron chi connectivity index (χ4n) is 1.33. The van der Waals surface area contributed by atoms with E-state index in [-0.39, 0.29) is 11.6 Å². The molecule has 6 nitrogen and oxygen atoms in total. The molecule has 0 saturated heterocycles. The Morgan fingerprint density at radius 1 is 1.59 bits per heavy atom. The third kappa shape index (κ3) is 2.07. The highest BCUT2D eigenvalue weighted by molar-refractivity contribution is 6.32. The van der Waals surface area contributed by atoms with Crippen LogP contribution in [-0.4, -0.2) is 27.8 Å². The zero-order valence-corrected chi connectivity index (χ0v) is 9.68. The highest BCUT2D eigenvalue weighted by Gasteiger charge is 2.17. The van der Waals surface area contributed by atoms with E-state index in [2.05, 4.69) is 10.1 Å². The normalized spacial score (nSPS) is 10.2. The molecule has 1 amide bonds. The van der Waals surface area contributed by atoms with Crippen LogP contribution in [0, 0.1) is 0 Å². The molecule has 0 bridgehead atoms. The summed E-state index contributed by atoms with van der Waals surface area (Å²) >= 11 is 5.97. The molecular weight excluding hydrogens is 244 g/mol. The van der Waals surface area contributed by atoms with E-state index in [4.69, 9.17) is 22.1 Å². The van der Waals surface area contributed by atoms with Gasteiger partial charge in [-0.3, -0.25) is 4.79 Å². The number of rotatable bonds is 3. The van der Waals surface area contributed by atoms with E-state index in [1.165, 1.54) is 17.9 Å². The molecule has 2 aromatic heterocycles. The SMILES string of the molecule is COc1cc(C(N)=O)n(-c2ncccc2Cl)n1. The molecule has 0 unspecified atom stereocenters. The topological polar surface area (TPSA) is 83.0 Å². The van der Waals surface area contributed by atoms with E-state index >= 15 is 0 Å². The van der Waals surface area contributed by atoms with Gasteiger partial charge < -0.3 is 10.5 Å². The molecule has 0 aliphatic carbocycles. The fraction of sp³-hybridized carbons (Fsp3) is 0.100. The molecule has 88 valence electrons. The number of nitrogens with two attached hydrogens (primary N) is 1. The average Bonchev–Trinajstić information content (AvgIpc) is 2.73. The lowest BCUT2D eigenvalue weighted by molar-refractivity contribution is 0.0993. The van der Waals surface area contributed by atoms with Crippen LogP contribution in [0.5, 0.6) is 5.88 Å². The molecule has 0 fully saturated rings. The molecule has 2 heterocycles. The molecule has 0 radical (unpaired) electrons. The lowest BCUT2D eigenvalue weighted by Gasteiger charge is -2.04. The highest BCUT2D eigenvalue weighted by Crippen LogP contribution is 2.21. The van der Waals surface area contributed by atoms with Gasteiger partial charge in [0.1, 0.15) is 5.69 Å². The minimum Gasteiger partial charge on any atom is -0.480 e. The van der Waals surface area contributed by atoms with Gasteiger partial charge in [-0.25, -0.2) is 9.67 Å². The first-order valence-electron chi connectivity index (χ1n) is 4.68. The number of hydrogen-bond donors (Lipinski definition) is 1. The first-order valence-corrected chi connectivity index (χ1v) is 5.06. The quantitative estimate of drug-likeness (QED) is 0.884. The van der Waals surface area contributed by atoms with Crippen LogP contribution < -0.4 is 10.5 Å². The summed E-state index contributed by atoms with van der Waals surface area (Å²) in [6.45, 7) is 0. The number of methoxy groups -OCH3 is 1. The van der Waals surface area contributed by atoms with E-state index in [1.54, 1.807) is 18.3 Å². The molecule has 0 aromatic carbocycles. The monoisotopic (exact) mass is 252 g/mol. The second-order valence-corrected chi connectivity index (χ2v) is 3.56. The Balaban J connectivity index is 2.62. The third-order valence-corrected chi connectivity index (χ3v) is 2.38. The van der Waals surface area contributed by atoms with E-state index in [9.17, 15) is 4.79 Å². The van der Waals surface area contributed by atoms with Crippen LogP contribution in [0.15, 0.2) is 24.4 Å². The van der Waals surface area contributed by atoms with Crippen LogP contribution in [0.25, 0.3) is 5.82 Å². The average molecular weight is 253 g/mol. The maximum atomic E-state index is 11.3. The van der Waals surface area contributed by atoms with Crippen molar-refractivity contribution in [2.75, 3.05) is 7.11 Å². The summed E-state index contributed by atoms with van der Waals surface area (Å²) < 4.78 is 6.19. The van der Waals surface area contributed by atoms with E-state index in [0.29, 0.717) is 10.8 Å². The van der Waals surface area contributed by atoms with Crippen molar-refractivity contribution in [2.24, 2.45) is 5.73 Å². The van der Waals surface area contributed by atoms with E-state index in [0.717, 1.165) is 0 Å². The number of primary amides is 1. The predicted octanol–water partition coefficient (Wildman–Crippen LogP) is 1.03. The number of carbonyl (C=O) groups is 1. The first kappa shape index (κ1) is 11.4. The Labute approximate surface area is 102 Å². The maximum Gasteiger partial charge on any atom is 0.267 e. The third-order valence-electron chi connectivity index (χ3n) is 2.09. The van der Waals surface area contributed by atoms with Gasteiger partial charge in [0, 0.05) is 12.3 Å². The number of halogens is 1. The minimum absolute atomic E-state index is 0.155. The molecule has 0 spiro atoms. The Morgan fingerprint density at radius 2 is 2.35 bits per heavy atom. The zero-order valence-electron chi connectivity index (χ0n) is 8.92. The van der Waals surface area contributed by atoms with Crippen LogP contribution in [0.4, 0.5) is 0 Å². The van der Waals surface area contributed by atoms with Crippen molar-refractivity contribution in [3.8, 4) is 11.7 Å². The Morgan fingerprint density at radius 3 is 2.94 bits per heavy atom. The van der Waals surface area contributed by atoms with Gasteiger partial charge in [-0.2, -0.15) is 0 Å². The molecule has 2 aromatic rings. The van der Waals surface area contributed by atoms with Crippen molar-refractivity contribution in [1.29, 1.82) is 0 Å². The van der Waals surface area contributed by atoms with Gasteiger partial charge in [0.15, 0.2) is 5.82 Å². The Kier molecular flexibility index (Phi) is 2.97. The van der Waals surface area contributed by atoms with Gasteiger partial charge in [0.2, 0.25) is 5.88 Å². The van der Waals surface area contributed by atoms with Crippen molar-refractivity contribution in [3.63, 3.8) is 0 Å². The second kappa shape index (κ2) is 4.42. The molecule has 0 aliphatic heterocycles. The van der Waals surface area contributed by atoms with Crippen molar-refractivity contribution in [1.82, 2.24) is 14.8 Å². The summed E-state index contributed by atoms with van der Waals surface area (Å²) in [6, 6.07) is 4.74. The van der Waals surface area contributed by atoms with Crippen LogP contribution >= 0.6 is 11.6 Å². The predicted molar refractivity (Wildman–Crippen MR) is 61.4 cm³/mol. The van der Waals surface area contributed by atoms with Gasteiger partial charge in [0.05, 0.1) is 12.1 Å². The molecule has 17 heavy (non-hydrogen) atoms.